The number of aliphatic hydroxyl groups excluding tert-OH is 1. The van der Waals surface area contributed by atoms with Crippen LogP contribution in [-0.4, -0.2) is 67.5 Å². The number of likely N-dealkylation sites (tertiary alicyclic amines) is 1. The van der Waals surface area contributed by atoms with Crippen LogP contribution in [0.15, 0.2) is 29.3 Å². The lowest BCUT2D eigenvalue weighted by atomic mass is 10.0. The SMILES string of the molecule is CCNC(=NCC(O)COCC(C)C)NC1CCN(Cc2cccc(C)c2)CC1.I. The van der Waals surface area contributed by atoms with Crippen molar-refractivity contribution in [2.24, 2.45) is 10.9 Å². The number of ether oxygens (including phenoxy) is 1. The van der Waals surface area contributed by atoms with Crippen LogP contribution >= 0.6 is 24.0 Å². The van der Waals surface area contributed by atoms with E-state index in [9.17, 15) is 5.11 Å². The van der Waals surface area contributed by atoms with E-state index in [2.05, 4.69) is 72.5 Å². The van der Waals surface area contributed by atoms with Crippen molar-refractivity contribution in [3.8, 4) is 0 Å². The average molecular weight is 533 g/mol. The molecule has 0 amide bonds. The Balaban J connectivity index is 0.00000450. The normalized spacial score (nSPS) is 16.9. The Hall–Kier alpha value is -0.900. The Morgan fingerprint density at radius 2 is 2.00 bits per heavy atom. The van der Waals surface area contributed by atoms with Gasteiger partial charge in [0.25, 0.3) is 0 Å². The number of aryl methyl sites for hydroxylation is 1. The molecule has 0 radical (unpaired) electrons. The molecule has 30 heavy (non-hydrogen) atoms. The van der Waals surface area contributed by atoms with Gasteiger partial charge in [0.2, 0.25) is 0 Å². The van der Waals surface area contributed by atoms with Gasteiger partial charge in [-0.15, -0.1) is 24.0 Å². The van der Waals surface area contributed by atoms with Gasteiger partial charge in [-0.25, -0.2) is 0 Å². The van der Waals surface area contributed by atoms with Crippen LogP contribution in [0.1, 0.15) is 44.7 Å². The van der Waals surface area contributed by atoms with Gasteiger partial charge in [0, 0.05) is 38.8 Å². The number of piperidine rings is 1. The van der Waals surface area contributed by atoms with Gasteiger partial charge in [-0.2, -0.15) is 0 Å². The summed E-state index contributed by atoms with van der Waals surface area (Å²) < 4.78 is 5.50. The van der Waals surface area contributed by atoms with E-state index in [0.29, 0.717) is 31.7 Å². The molecule has 6 nitrogen and oxygen atoms in total. The van der Waals surface area contributed by atoms with Crippen molar-refractivity contribution in [3.63, 3.8) is 0 Å². The molecule has 1 aromatic rings. The third-order valence-corrected chi connectivity index (χ3v) is 4.98. The molecule has 1 aliphatic heterocycles. The van der Waals surface area contributed by atoms with E-state index in [0.717, 1.165) is 45.0 Å². The number of aliphatic hydroxyl groups is 1. The number of hydrogen-bond donors (Lipinski definition) is 3. The zero-order chi connectivity index (χ0) is 21.1. The minimum atomic E-state index is -0.569. The fourth-order valence-electron chi connectivity index (χ4n) is 3.51. The van der Waals surface area contributed by atoms with Gasteiger partial charge in [0.1, 0.15) is 0 Å². The van der Waals surface area contributed by atoms with E-state index < -0.39 is 6.10 Å². The Kier molecular flexibility index (Phi) is 13.6. The molecule has 0 saturated carbocycles. The molecule has 0 spiro atoms. The van der Waals surface area contributed by atoms with Crippen LogP contribution < -0.4 is 10.6 Å². The number of nitrogens with zero attached hydrogens (tertiary/aromatic N) is 2. The van der Waals surface area contributed by atoms with Crippen LogP contribution in [0.3, 0.4) is 0 Å². The number of hydrogen-bond acceptors (Lipinski definition) is 4. The monoisotopic (exact) mass is 532 g/mol. The number of halogens is 1. The summed E-state index contributed by atoms with van der Waals surface area (Å²) >= 11 is 0. The third-order valence-electron chi connectivity index (χ3n) is 4.98. The molecule has 1 atom stereocenters. The van der Waals surface area contributed by atoms with Crippen molar-refractivity contribution in [2.45, 2.75) is 59.2 Å². The summed E-state index contributed by atoms with van der Waals surface area (Å²) in [6.45, 7) is 13.7. The molecular formula is C23H41IN4O2. The summed E-state index contributed by atoms with van der Waals surface area (Å²) in [6, 6.07) is 9.19. The molecule has 7 heteroatoms. The van der Waals surface area contributed by atoms with E-state index in [1.165, 1.54) is 11.1 Å². The highest BCUT2D eigenvalue weighted by Gasteiger charge is 2.20. The van der Waals surface area contributed by atoms with Crippen LogP contribution in [0.4, 0.5) is 0 Å². The molecule has 172 valence electrons. The summed E-state index contributed by atoms with van der Waals surface area (Å²) in [6.07, 6.45) is 1.62. The Bertz CT molecular complexity index is 619. The summed E-state index contributed by atoms with van der Waals surface area (Å²) in [5.74, 6) is 1.26. The van der Waals surface area contributed by atoms with Crippen LogP contribution in [0.25, 0.3) is 0 Å². The molecule has 1 aromatic carbocycles. The Morgan fingerprint density at radius 3 is 2.63 bits per heavy atom. The predicted molar refractivity (Wildman–Crippen MR) is 136 cm³/mol. The maximum atomic E-state index is 10.1. The fraction of sp³-hybridized carbons (Fsp3) is 0.696. The molecule has 0 aromatic heterocycles. The fourth-order valence-corrected chi connectivity index (χ4v) is 3.51. The first-order valence-electron chi connectivity index (χ1n) is 11.0. The standard InChI is InChI=1S/C23H40N4O2.HI/c1-5-24-23(25-14-22(28)17-29-16-18(2)3)26-21-9-11-27(12-10-21)15-20-8-6-7-19(4)13-20;/h6-8,13,18,21-22,28H,5,9-12,14-17H2,1-4H3,(H2,24,25,26);1H. The number of benzene rings is 1. The van der Waals surface area contributed by atoms with Crippen molar-refractivity contribution in [1.82, 2.24) is 15.5 Å². The molecule has 1 aliphatic rings. The second-order valence-corrected chi connectivity index (χ2v) is 8.49. The largest absolute Gasteiger partial charge is 0.389 e. The smallest absolute Gasteiger partial charge is 0.191 e. The highest BCUT2D eigenvalue weighted by atomic mass is 127. The first kappa shape index (κ1) is 27.1. The van der Waals surface area contributed by atoms with Crippen LogP contribution in [-0.2, 0) is 11.3 Å². The lowest BCUT2D eigenvalue weighted by Gasteiger charge is -2.33. The average Bonchev–Trinajstić information content (AvgIpc) is 2.67. The first-order chi connectivity index (χ1) is 14.0. The van der Waals surface area contributed by atoms with Gasteiger partial charge in [-0.1, -0.05) is 43.7 Å². The molecule has 3 N–H and O–H groups in total. The molecule has 2 rings (SSSR count). The van der Waals surface area contributed by atoms with E-state index in [1.807, 2.05) is 0 Å². The maximum Gasteiger partial charge on any atom is 0.191 e. The molecule has 0 aliphatic carbocycles. The Morgan fingerprint density at radius 1 is 1.27 bits per heavy atom. The highest BCUT2D eigenvalue weighted by molar-refractivity contribution is 14.0. The van der Waals surface area contributed by atoms with E-state index in [-0.39, 0.29) is 24.0 Å². The summed E-state index contributed by atoms with van der Waals surface area (Å²) in [5, 5.41) is 16.9. The molecule has 1 saturated heterocycles. The summed E-state index contributed by atoms with van der Waals surface area (Å²) in [5.41, 5.74) is 2.71. The van der Waals surface area contributed by atoms with E-state index in [4.69, 9.17) is 4.74 Å². The number of rotatable bonds is 10. The maximum absolute atomic E-state index is 10.1. The summed E-state index contributed by atoms with van der Waals surface area (Å²) in [7, 11) is 0. The quantitative estimate of drug-likeness (QED) is 0.246. The zero-order valence-electron chi connectivity index (χ0n) is 19.1. The number of nitrogens with one attached hydrogen (secondary N) is 2. The van der Waals surface area contributed by atoms with Crippen molar-refractivity contribution < 1.29 is 9.84 Å². The van der Waals surface area contributed by atoms with Gasteiger partial charge in [-0.3, -0.25) is 9.89 Å². The van der Waals surface area contributed by atoms with Crippen molar-refractivity contribution in [2.75, 3.05) is 39.4 Å². The van der Waals surface area contributed by atoms with Gasteiger partial charge in [-0.05, 0) is 38.2 Å². The molecule has 1 heterocycles. The van der Waals surface area contributed by atoms with E-state index >= 15 is 0 Å². The lowest BCUT2D eigenvalue weighted by molar-refractivity contribution is 0.0301. The van der Waals surface area contributed by atoms with Crippen molar-refractivity contribution in [1.29, 1.82) is 0 Å². The second kappa shape index (κ2) is 15.0. The van der Waals surface area contributed by atoms with Gasteiger partial charge < -0.3 is 20.5 Å². The zero-order valence-corrected chi connectivity index (χ0v) is 21.4. The Labute approximate surface area is 199 Å². The molecule has 1 fully saturated rings. The van der Waals surface area contributed by atoms with Crippen molar-refractivity contribution >= 4 is 29.9 Å². The minimum Gasteiger partial charge on any atom is -0.389 e. The minimum absolute atomic E-state index is 0. The van der Waals surface area contributed by atoms with Gasteiger partial charge in [0.05, 0.1) is 19.3 Å². The van der Waals surface area contributed by atoms with E-state index in [1.54, 1.807) is 0 Å². The summed E-state index contributed by atoms with van der Waals surface area (Å²) in [4.78, 5) is 7.07. The highest BCUT2D eigenvalue weighted by Crippen LogP contribution is 2.14. The number of aliphatic imine (C=N–C) groups is 1. The van der Waals surface area contributed by atoms with Crippen LogP contribution in [0, 0.1) is 12.8 Å². The molecule has 0 bridgehead atoms. The third kappa shape index (κ3) is 10.9. The van der Waals surface area contributed by atoms with Gasteiger partial charge >= 0.3 is 0 Å². The van der Waals surface area contributed by atoms with Crippen molar-refractivity contribution in [3.05, 3.63) is 35.4 Å². The topological polar surface area (TPSA) is 69.1 Å². The second-order valence-electron chi connectivity index (χ2n) is 8.49. The van der Waals surface area contributed by atoms with Gasteiger partial charge in [0.15, 0.2) is 5.96 Å². The van der Waals surface area contributed by atoms with Crippen LogP contribution in [0.2, 0.25) is 0 Å². The lowest BCUT2D eigenvalue weighted by Crippen LogP contribution is -2.48. The number of guanidine groups is 1. The predicted octanol–water partition coefficient (Wildman–Crippen LogP) is 3.17. The molecular weight excluding hydrogens is 491 g/mol. The van der Waals surface area contributed by atoms with Crippen LogP contribution in [0.5, 0.6) is 0 Å². The first-order valence-corrected chi connectivity index (χ1v) is 11.0. The molecule has 1 unspecified atom stereocenters.